The van der Waals surface area contributed by atoms with Crippen LogP contribution in [0, 0.1) is 0 Å². The van der Waals surface area contributed by atoms with Gasteiger partial charge in [-0.25, -0.2) is 4.79 Å². The Kier molecular flexibility index (Phi) is 4.92. The first-order valence-corrected chi connectivity index (χ1v) is 6.31. The number of hydrogen-bond donors (Lipinski definition) is 2. The SMILES string of the molecule is COC(=O)c1ccc(CN[C@H](CO)c2ccccc2)o1. The predicted octanol–water partition coefficient (Wildman–Crippen LogP) is 1.89. The van der Waals surface area contributed by atoms with Crippen LogP contribution in [0.2, 0.25) is 0 Å². The Morgan fingerprint density at radius 1 is 1.30 bits per heavy atom. The van der Waals surface area contributed by atoms with E-state index in [0.29, 0.717) is 12.3 Å². The molecule has 0 unspecified atom stereocenters. The lowest BCUT2D eigenvalue weighted by atomic mass is 10.1. The Morgan fingerprint density at radius 3 is 2.70 bits per heavy atom. The summed E-state index contributed by atoms with van der Waals surface area (Å²) < 4.78 is 9.92. The molecule has 1 aromatic carbocycles. The summed E-state index contributed by atoms with van der Waals surface area (Å²) in [5.74, 6) is 0.280. The third-order valence-corrected chi connectivity index (χ3v) is 2.96. The highest BCUT2D eigenvalue weighted by molar-refractivity contribution is 5.86. The minimum Gasteiger partial charge on any atom is -0.463 e. The highest BCUT2D eigenvalue weighted by Gasteiger charge is 2.13. The van der Waals surface area contributed by atoms with E-state index in [4.69, 9.17) is 4.42 Å². The van der Waals surface area contributed by atoms with Gasteiger partial charge in [-0.15, -0.1) is 0 Å². The number of carbonyl (C=O) groups is 1. The second-order valence-electron chi connectivity index (χ2n) is 4.28. The number of ether oxygens (including phenoxy) is 1. The van der Waals surface area contributed by atoms with E-state index in [1.807, 2.05) is 30.3 Å². The first-order chi connectivity index (χ1) is 9.74. The molecule has 0 radical (unpaired) electrons. The largest absolute Gasteiger partial charge is 0.463 e. The molecule has 0 fully saturated rings. The molecular weight excluding hydrogens is 258 g/mol. The summed E-state index contributed by atoms with van der Waals surface area (Å²) in [5, 5.41) is 12.6. The van der Waals surface area contributed by atoms with E-state index in [1.54, 1.807) is 12.1 Å². The van der Waals surface area contributed by atoms with Crippen LogP contribution < -0.4 is 5.32 Å². The Labute approximate surface area is 117 Å². The second kappa shape index (κ2) is 6.88. The fourth-order valence-corrected chi connectivity index (χ4v) is 1.88. The van der Waals surface area contributed by atoms with Gasteiger partial charge in [0.1, 0.15) is 5.76 Å². The number of esters is 1. The van der Waals surface area contributed by atoms with E-state index < -0.39 is 5.97 Å². The zero-order valence-corrected chi connectivity index (χ0v) is 11.2. The van der Waals surface area contributed by atoms with E-state index in [1.165, 1.54) is 7.11 Å². The molecule has 2 N–H and O–H groups in total. The number of carbonyl (C=O) groups excluding carboxylic acids is 1. The van der Waals surface area contributed by atoms with Gasteiger partial charge >= 0.3 is 5.97 Å². The maximum absolute atomic E-state index is 11.3. The molecule has 0 aliphatic heterocycles. The highest BCUT2D eigenvalue weighted by Crippen LogP contribution is 2.14. The summed E-state index contributed by atoms with van der Waals surface area (Å²) in [7, 11) is 1.31. The maximum Gasteiger partial charge on any atom is 0.373 e. The van der Waals surface area contributed by atoms with Crippen LogP contribution in [0.3, 0.4) is 0 Å². The summed E-state index contributed by atoms with van der Waals surface area (Å²) in [5.41, 5.74) is 0.995. The van der Waals surface area contributed by atoms with Crippen LogP contribution in [0.1, 0.15) is 27.9 Å². The topological polar surface area (TPSA) is 71.7 Å². The average Bonchev–Trinajstić information content (AvgIpc) is 2.97. The van der Waals surface area contributed by atoms with Gasteiger partial charge in [0.2, 0.25) is 5.76 Å². The molecule has 0 amide bonds. The molecule has 1 aromatic heterocycles. The summed E-state index contributed by atoms with van der Waals surface area (Å²) in [6.07, 6.45) is 0. The van der Waals surface area contributed by atoms with Gasteiger partial charge in [-0.3, -0.25) is 0 Å². The number of aliphatic hydroxyl groups is 1. The van der Waals surface area contributed by atoms with Crippen LogP contribution in [-0.2, 0) is 11.3 Å². The van der Waals surface area contributed by atoms with E-state index in [2.05, 4.69) is 10.1 Å². The number of benzene rings is 1. The summed E-state index contributed by atoms with van der Waals surface area (Å²) in [6.45, 7) is 0.395. The zero-order chi connectivity index (χ0) is 14.4. The number of rotatable bonds is 6. The quantitative estimate of drug-likeness (QED) is 0.788. The number of nitrogens with one attached hydrogen (secondary N) is 1. The van der Waals surface area contributed by atoms with Crippen LogP contribution >= 0.6 is 0 Å². The standard InChI is InChI=1S/C15H17NO4/c1-19-15(18)14-8-7-12(20-14)9-16-13(10-17)11-5-3-2-4-6-11/h2-8,13,16-17H,9-10H2,1H3/t13-/m1/s1. The Bertz CT molecular complexity index is 550. The molecule has 106 valence electrons. The number of methoxy groups -OCH3 is 1. The molecule has 1 atom stereocenters. The normalized spacial score (nSPS) is 12.1. The Hall–Kier alpha value is -2.11. The van der Waals surface area contributed by atoms with Gasteiger partial charge in [0, 0.05) is 0 Å². The zero-order valence-electron chi connectivity index (χ0n) is 11.2. The smallest absolute Gasteiger partial charge is 0.373 e. The van der Waals surface area contributed by atoms with Crippen LogP contribution in [-0.4, -0.2) is 24.8 Å². The molecule has 5 nitrogen and oxygen atoms in total. The molecular formula is C15H17NO4. The van der Waals surface area contributed by atoms with Crippen molar-refractivity contribution >= 4 is 5.97 Å². The van der Waals surface area contributed by atoms with E-state index in [-0.39, 0.29) is 18.4 Å². The molecule has 20 heavy (non-hydrogen) atoms. The predicted molar refractivity (Wildman–Crippen MR) is 73.2 cm³/mol. The van der Waals surface area contributed by atoms with Crippen LogP contribution in [0.5, 0.6) is 0 Å². The van der Waals surface area contributed by atoms with E-state index in [0.717, 1.165) is 5.56 Å². The van der Waals surface area contributed by atoms with Crippen LogP contribution in [0.15, 0.2) is 46.9 Å². The fourth-order valence-electron chi connectivity index (χ4n) is 1.88. The molecule has 0 aliphatic carbocycles. The van der Waals surface area contributed by atoms with Crippen molar-refractivity contribution in [2.75, 3.05) is 13.7 Å². The molecule has 2 aromatic rings. The van der Waals surface area contributed by atoms with Crippen molar-refractivity contribution in [3.05, 3.63) is 59.5 Å². The molecule has 0 aliphatic rings. The molecule has 2 rings (SSSR count). The lowest BCUT2D eigenvalue weighted by molar-refractivity contribution is 0.0562. The fraction of sp³-hybridized carbons (Fsp3) is 0.267. The number of furan rings is 1. The van der Waals surface area contributed by atoms with Crippen LogP contribution in [0.4, 0.5) is 0 Å². The Morgan fingerprint density at radius 2 is 2.05 bits per heavy atom. The van der Waals surface area contributed by atoms with Crippen molar-refractivity contribution < 1.29 is 19.1 Å². The minimum atomic E-state index is -0.502. The molecule has 1 heterocycles. The third-order valence-electron chi connectivity index (χ3n) is 2.96. The van der Waals surface area contributed by atoms with Crippen molar-refractivity contribution in [1.82, 2.24) is 5.32 Å². The first kappa shape index (κ1) is 14.3. The average molecular weight is 275 g/mol. The van der Waals surface area contributed by atoms with Crippen molar-refractivity contribution in [1.29, 1.82) is 0 Å². The van der Waals surface area contributed by atoms with Crippen molar-refractivity contribution in [3.8, 4) is 0 Å². The van der Waals surface area contributed by atoms with Gasteiger partial charge in [-0.1, -0.05) is 30.3 Å². The number of aliphatic hydroxyl groups excluding tert-OH is 1. The molecule has 0 saturated heterocycles. The van der Waals surface area contributed by atoms with Gasteiger partial charge in [-0.05, 0) is 17.7 Å². The van der Waals surface area contributed by atoms with Gasteiger partial charge in [-0.2, -0.15) is 0 Å². The monoisotopic (exact) mass is 275 g/mol. The lowest BCUT2D eigenvalue weighted by Gasteiger charge is -2.15. The molecule has 0 bridgehead atoms. The molecule has 5 heteroatoms. The van der Waals surface area contributed by atoms with Gasteiger partial charge in [0.05, 0.1) is 26.3 Å². The summed E-state index contributed by atoms with van der Waals surface area (Å²) >= 11 is 0. The highest BCUT2D eigenvalue weighted by atomic mass is 16.5. The summed E-state index contributed by atoms with van der Waals surface area (Å²) in [4.78, 5) is 11.3. The van der Waals surface area contributed by atoms with Gasteiger partial charge in [0.25, 0.3) is 0 Å². The lowest BCUT2D eigenvalue weighted by Crippen LogP contribution is -2.23. The van der Waals surface area contributed by atoms with Crippen molar-refractivity contribution in [3.63, 3.8) is 0 Å². The number of hydrogen-bond acceptors (Lipinski definition) is 5. The van der Waals surface area contributed by atoms with Crippen molar-refractivity contribution in [2.24, 2.45) is 0 Å². The van der Waals surface area contributed by atoms with Crippen LogP contribution in [0.25, 0.3) is 0 Å². The van der Waals surface area contributed by atoms with E-state index in [9.17, 15) is 9.90 Å². The van der Waals surface area contributed by atoms with E-state index >= 15 is 0 Å². The maximum atomic E-state index is 11.3. The first-order valence-electron chi connectivity index (χ1n) is 6.31. The third kappa shape index (κ3) is 3.46. The Balaban J connectivity index is 1.97. The molecule has 0 saturated carbocycles. The summed E-state index contributed by atoms with van der Waals surface area (Å²) in [6, 6.07) is 12.7. The minimum absolute atomic E-state index is 0.0193. The van der Waals surface area contributed by atoms with Gasteiger partial charge < -0.3 is 19.6 Å². The second-order valence-corrected chi connectivity index (χ2v) is 4.28. The van der Waals surface area contributed by atoms with Crippen molar-refractivity contribution in [2.45, 2.75) is 12.6 Å². The van der Waals surface area contributed by atoms with Gasteiger partial charge in [0.15, 0.2) is 0 Å². The molecule has 0 spiro atoms.